The van der Waals surface area contributed by atoms with Crippen LogP contribution >= 0.6 is 0 Å². The van der Waals surface area contributed by atoms with Gasteiger partial charge >= 0.3 is 0 Å². The van der Waals surface area contributed by atoms with Gasteiger partial charge in [-0.25, -0.2) is 0 Å². The predicted octanol–water partition coefficient (Wildman–Crippen LogP) is 2.50. The van der Waals surface area contributed by atoms with Crippen molar-refractivity contribution in [1.82, 2.24) is 0 Å². The minimum Gasteiger partial charge on any atom is -0.375 e. The van der Waals surface area contributed by atoms with E-state index >= 15 is 0 Å². The predicted molar refractivity (Wildman–Crippen MR) is 80.8 cm³/mol. The quantitative estimate of drug-likeness (QED) is 0.906. The van der Waals surface area contributed by atoms with Crippen molar-refractivity contribution in [3.63, 3.8) is 0 Å². The second-order valence-electron chi connectivity index (χ2n) is 5.53. The smallest absolute Gasteiger partial charge is 0.0723 e. The summed E-state index contributed by atoms with van der Waals surface area (Å²) in [4.78, 5) is 2.51. The van der Waals surface area contributed by atoms with Crippen molar-refractivity contribution in [2.45, 2.75) is 45.8 Å². The Bertz CT molecular complexity index is 419. The maximum Gasteiger partial charge on any atom is 0.0723 e. The van der Waals surface area contributed by atoms with Gasteiger partial charge in [-0.05, 0) is 44.9 Å². The van der Waals surface area contributed by atoms with Crippen LogP contribution in [0, 0.1) is 6.92 Å². The number of hydrogen-bond acceptors (Lipinski definition) is 3. The molecule has 1 heterocycles. The van der Waals surface area contributed by atoms with E-state index in [0.29, 0.717) is 18.7 Å². The highest BCUT2D eigenvalue weighted by molar-refractivity contribution is 5.56. The molecule has 19 heavy (non-hydrogen) atoms. The average Bonchev–Trinajstić information content (AvgIpc) is 2.39. The van der Waals surface area contributed by atoms with Crippen molar-refractivity contribution in [3.05, 3.63) is 29.3 Å². The number of nitrogens with two attached hydrogens (primary N) is 1. The SMILES string of the molecule is CCC1COC(C)CN1c1ccc(C)cc1CCN. The molecule has 1 fully saturated rings. The van der Waals surface area contributed by atoms with Crippen LogP contribution in [-0.2, 0) is 11.2 Å². The molecule has 1 saturated heterocycles. The zero-order valence-electron chi connectivity index (χ0n) is 12.4. The van der Waals surface area contributed by atoms with E-state index in [-0.39, 0.29) is 0 Å². The zero-order chi connectivity index (χ0) is 13.8. The molecule has 1 aliphatic rings. The van der Waals surface area contributed by atoms with Crippen LogP contribution in [-0.4, -0.2) is 31.8 Å². The lowest BCUT2D eigenvalue weighted by Crippen LogP contribution is -2.49. The minimum atomic E-state index is 0.301. The normalized spacial score (nSPS) is 23.7. The van der Waals surface area contributed by atoms with Crippen molar-refractivity contribution < 1.29 is 4.74 Å². The van der Waals surface area contributed by atoms with Crippen molar-refractivity contribution in [2.75, 3.05) is 24.6 Å². The Balaban J connectivity index is 2.32. The molecule has 0 aliphatic carbocycles. The number of ether oxygens (including phenoxy) is 1. The van der Waals surface area contributed by atoms with E-state index in [9.17, 15) is 0 Å². The molecule has 0 amide bonds. The van der Waals surface area contributed by atoms with Gasteiger partial charge in [-0.2, -0.15) is 0 Å². The Morgan fingerprint density at radius 3 is 2.89 bits per heavy atom. The molecule has 3 nitrogen and oxygen atoms in total. The van der Waals surface area contributed by atoms with E-state index in [1.807, 2.05) is 0 Å². The molecule has 106 valence electrons. The maximum atomic E-state index is 5.79. The number of morpholine rings is 1. The van der Waals surface area contributed by atoms with Crippen LogP contribution in [0.4, 0.5) is 5.69 Å². The Hall–Kier alpha value is -1.06. The van der Waals surface area contributed by atoms with Gasteiger partial charge in [0.1, 0.15) is 0 Å². The molecule has 2 N–H and O–H groups in total. The highest BCUT2D eigenvalue weighted by Crippen LogP contribution is 2.28. The molecule has 0 aromatic heterocycles. The van der Waals surface area contributed by atoms with Gasteiger partial charge < -0.3 is 15.4 Å². The van der Waals surface area contributed by atoms with Crippen molar-refractivity contribution in [2.24, 2.45) is 5.73 Å². The summed E-state index contributed by atoms with van der Waals surface area (Å²) in [6.45, 7) is 9.02. The summed E-state index contributed by atoms with van der Waals surface area (Å²) in [7, 11) is 0. The van der Waals surface area contributed by atoms with Gasteiger partial charge in [0.05, 0.1) is 18.8 Å². The standard InChI is InChI=1S/C16H26N2O/c1-4-15-11-19-13(3)10-18(15)16-6-5-12(2)9-14(16)7-8-17/h5-6,9,13,15H,4,7-8,10-11,17H2,1-3H3. The topological polar surface area (TPSA) is 38.5 Å². The Labute approximate surface area is 116 Å². The van der Waals surface area contributed by atoms with Gasteiger partial charge in [0, 0.05) is 12.2 Å². The Morgan fingerprint density at radius 2 is 2.21 bits per heavy atom. The summed E-state index contributed by atoms with van der Waals surface area (Å²) in [5.41, 5.74) is 9.78. The van der Waals surface area contributed by atoms with Gasteiger partial charge in [0.15, 0.2) is 0 Å². The first-order chi connectivity index (χ1) is 9.15. The van der Waals surface area contributed by atoms with Crippen LogP contribution < -0.4 is 10.6 Å². The van der Waals surface area contributed by atoms with E-state index in [2.05, 4.69) is 43.9 Å². The molecule has 2 rings (SSSR count). The summed E-state index contributed by atoms with van der Waals surface area (Å²) < 4.78 is 5.79. The van der Waals surface area contributed by atoms with Crippen LogP contribution in [0.15, 0.2) is 18.2 Å². The molecule has 1 aromatic rings. The van der Waals surface area contributed by atoms with Gasteiger partial charge in [0.25, 0.3) is 0 Å². The summed E-state index contributed by atoms with van der Waals surface area (Å²) in [6, 6.07) is 7.20. The number of anilines is 1. The van der Waals surface area contributed by atoms with Gasteiger partial charge in [-0.3, -0.25) is 0 Å². The summed E-state index contributed by atoms with van der Waals surface area (Å²) in [5, 5.41) is 0. The number of nitrogens with zero attached hydrogens (tertiary/aromatic N) is 1. The van der Waals surface area contributed by atoms with E-state index in [4.69, 9.17) is 10.5 Å². The number of aryl methyl sites for hydroxylation is 1. The average molecular weight is 262 g/mol. The van der Waals surface area contributed by atoms with Gasteiger partial charge in [-0.1, -0.05) is 24.6 Å². The summed E-state index contributed by atoms with van der Waals surface area (Å²) in [6.07, 6.45) is 2.36. The monoisotopic (exact) mass is 262 g/mol. The van der Waals surface area contributed by atoms with Crippen LogP contribution in [0.2, 0.25) is 0 Å². The summed E-state index contributed by atoms with van der Waals surface area (Å²) >= 11 is 0. The summed E-state index contributed by atoms with van der Waals surface area (Å²) in [5.74, 6) is 0. The van der Waals surface area contributed by atoms with Gasteiger partial charge in [-0.15, -0.1) is 0 Å². The first-order valence-corrected chi connectivity index (χ1v) is 7.33. The molecule has 3 heteroatoms. The van der Waals surface area contributed by atoms with Crippen molar-refractivity contribution in [1.29, 1.82) is 0 Å². The largest absolute Gasteiger partial charge is 0.375 e. The molecule has 2 unspecified atom stereocenters. The lowest BCUT2D eigenvalue weighted by atomic mass is 10.0. The fourth-order valence-corrected chi connectivity index (χ4v) is 2.83. The van der Waals surface area contributed by atoms with E-state index < -0.39 is 0 Å². The molecular weight excluding hydrogens is 236 g/mol. The van der Waals surface area contributed by atoms with E-state index in [0.717, 1.165) is 26.0 Å². The first kappa shape index (κ1) is 14.4. The van der Waals surface area contributed by atoms with E-state index in [1.165, 1.54) is 16.8 Å². The molecule has 0 radical (unpaired) electrons. The number of rotatable bonds is 4. The minimum absolute atomic E-state index is 0.301. The molecular formula is C16H26N2O. The second kappa shape index (κ2) is 6.40. The number of hydrogen-bond donors (Lipinski definition) is 1. The second-order valence-corrected chi connectivity index (χ2v) is 5.53. The maximum absolute atomic E-state index is 5.79. The zero-order valence-corrected chi connectivity index (χ0v) is 12.4. The highest BCUT2D eigenvalue weighted by atomic mass is 16.5. The highest BCUT2D eigenvalue weighted by Gasteiger charge is 2.26. The number of benzene rings is 1. The van der Waals surface area contributed by atoms with Gasteiger partial charge in [0.2, 0.25) is 0 Å². The lowest BCUT2D eigenvalue weighted by molar-refractivity contribution is 0.0299. The van der Waals surface area contributed by atoms with Crippen LogP contribution in [0.25, 0.3) is 0 Å². The van der Waals surface area contributed by atoms with Crippen molar-refractivity contribution in [3.8, 4) is 0 Å². The molecule has 1 aromatic carbocycles. The first-order valence-electron chi connectivity index (χ1n) is 7.33. The molecule has 2 atom stereocenters. The molecule has 0 bridgehead atoms. The third-order valence-corrected chi connectivity index (χ3v) is 3.90. The van der Waals surface area contributed by atoms with Crippen LogP contribution in [0.5, 0.6) is 0 Å². The lowest BCUT2D eigenvalue weighted by Gasteiger charge is -2.41. The fourth-order valence-electron chi connectivity index (χ4n) is 2.83. The fraction of sp³-hybridized carbons (Fsp3) is 0.625. The molecule has 0 saturated carbocycles. The third kappa shape index (κ3) is 3.28. The van der Waals surface area contributed by atoms with E-state index in [1.54, 1.807) is 0 Å². The molecule has 1 aliphatic heterocycles. The Kier molecular flexibility index (Phi) is 4.83. The van der Waals surface area contributed by atoms with Crippen molar-refractivity contribution >= 4 is 5.69 Å². The third-order valence-electron chi connectivity index (χ3n) is 3.90. The van der Waals surface area contributed by atoms with Crippen LogP contribution in [0.3, 0.4) is 0 Å². The van der Waals surface area contributed by atoms with Crippen LogP contribution in [0.1, 0.15) is 31.4 Å². The molecule has 0 spiro atoms. The Morgan fingerprint density at radius 1 is 1.42 bits per heavy atom.